The Morgan fingerprint density at radius 3 is 1.73 bits per heavy atom. The van der Waals surface area contributed by atoms with Gasteiger partial charge in [0.05, 0.1) is 22.3 Å². The molecule has 0 fully saturated rings. The number of hydrogen-bond acceptors (Lipinski definition) is 6. The van der Waals surface area contributed by atoms with Crippen LogP contribution in [0.25, 0.3) is 0 Å². The predicted molar refractivity (Wildman–Crippen MR) is 131 cm³/mol. The Morgan fingerprint density at radius 2 is 1.16 bits per heavy atom. The smallest absolute Gasteiger partial charge is 0.261 e. The van der Waals surface area contributed by atoms with Crippen LogP contribution in [0.1, 0.15) is 67.7 Å². The van der Waals surface area contributed by atoms with Gasteiger partial charge in [0.15, 0.2) is 0 Å². The van der Waals surface area contributed by atoms with Crippen molar-refractivity contribution >= 4 is 41.1 Å². The van der Waals surface area contributed by atoms with Crippen LogP contribution in [-0.2, 0) is 6.54 Å². The highest BCUT2D eigenvalue weighted by Crippen LogP contribution is 2.24. The van der Waals surface area contributed by atoms with Crippen LogP contribution in [0.5, 0.6) is 0 Å². The van der Waals surface area contributed by atoms with Gasteiger partial charge in [-0.1, -0.05) is 12.1 Å². The number of imide groups is 2. The minimum absolute atomic E-state index is 0.147. The second kappa shape index (κ2) is 8.83. The summed E-state index contributed by atoms with van der Waals surface area (Å²) in [6, 6.07) is 15.5. The first kappa shape index (κ1) is 23.6. The van der Waals surface area contributed by atoms with E-state index < -0.39 is 35.4 Å². The van der Waals surface area contributed by atoms with Crippen molar-refractivity contribution in [2.45, 2.75) is 6.54 Å². The Hall–Kier alpha value is -5.12. The Bertz CT molecular complexity index is 1560. The van der Waals surface area contributed by atoms with E-state index in [0.29, 0.717) is 11.3 Å². The number of anilines is 1. The summed E-state index contributed by atoms with van der Waals surface area (Å²) in [7, 11) is 2.78. The van der Waals surface area contributed by atoms with Crippen LogP contribution >= 0.6 is 0 Å². The number of nitrogens with zero attached hydrogens (tertiary/aromatic N) is 2. The highest BCUT2D eigenvalue weighted by atomic mass is 16.2. The molecule has 5 rings (SSSR count). The Kier molecular flexibility index (Phi) is 5.63. The van der Waals surface area contributed by atoms with E-state index in [1.54, 1.807) is 24.3 Å². The van der Waals surface area contributed by atoms with E-state index in [1.807, 2.05) is 0 Å². The van der Waals surface area contributed by atoms with Crippen molar-refractivity contribution in [1.29, 1.82) is 0 Å². The van der Waals surface area contributed by atoms with Crippen molar-refractivity contribution in [3.05, 3.63) is 99.6 Å². The van der Waals surface area contributed by atoms with Crippen LogP contribution in [0.15, 0.2) is 60.7 Å². The highest BCUT2D eigenvalue weighted by molar-refractivity contribution is 6.22. The predicted octanol–water partition coefficient (Wildman–Crippen LogP) is 2.32. The van der Waals surface area contributed by atoms with Crippen molar-refractivity contribution in [1.82, 2.24) is 15.1 Å². The zero-order valence-electron chi connectivity index (χ0n) is 19.8. The number of benzene rings is 3. The zero-order valence-corrected chi connectivity index (χ0v) is 19.8. The van der Waals surface area contributed by atoms with E-state index in [4.69, 9.17) is 0 Å². The molecule has 0 radical (unpaired) electrons. The molecule has 184 valence electrons. The minimum Gasteiger partial charge on any atom is -0.348 e. The molecule has 2 N–H and O–H groups in total. The lowest BCUT2D eigenvalue weighted by atomic mass is 10.0. The van der Waals surface area contributed by atoms with Gasteiger partial charge in [-0.25, -0.2) is 0 Å². The monoisotopic (exact) mass is 496 g/mol. The maximum atomic E-state index is 12.8. The van der Waals surface area contributed by atoms with Crippen molar-refractivity contribution in [2.24, 2.45) is 0 Å². The van der Waals surface area contributed by atoms with Crippen LogP contribution in [0.4, 0.5) is 5.69 Å². The van der Waals surface area contributed by atoms with Gasteiger partial charge < -0.3 is 10.6 Å². The molecule has 0 bridgehead atoms. The molecule has 37 heavy (non-hydrogen) atoms. The molecule has 10 nitrogen and oxygen atoms in total. The summed E-state index contributed by atoms with van der Waals surface area (Å²) in [5, 5.41) is 5.51. The molecular weight excluding hydrogens is 476 g/mol. The van der Waals surface area contributed by atoms with Crippen molar-refractivity contribution in [3.8, 4) is 0 Å². The van der Waals surface area contributed by atoms with Crippen LogP contribution < -0.4 is 10.6 Å². The third kappa shape index (κ3) is 4.04. The number of rotatable bonds is 5. The summed E-state index contributed by atoms with van der Waals surface area (Å²) in [4.78, 5) is 75.9. The molecule has 0 aliphatic carbocycles. The third-order valence-corrected chi connectivity index (χ3v) is 6.34. The minimum atomic E-state index is -0.459. The summed E-state index contributed by atoms with van der Waals surface area (Å²) < 4.78 is 0. The van der Waals surface area contributed by atoms with E-state index in [1.165, 1.54) is 50.5 Å². The van der Waals surface area contributed by atoms with Crippen LogP contribution in [-0.4, -0.2) is 59.3 Å². The summed E-state index contributed by atoms with van der Waals surface area (Å²) in [6.45, 7) is 0.147. The van der Waals surface area contributed by atoms with Gasteiger partial charge in [-0.3, -0.25) is 38.6 Å². The summed E-state index contributed by atoms with van der Waals surface area (Å²) in [5.41, 5.74) is 2.54. The Morgan fingerprint density at radius 1 is 0.649 bits per heavy atom. The molecule has 0 aromatic heterocycles. The van der Waals surface area contributed by atoms with Crippen molar-refractivity contribution in [2.75, 3.05) is 19.4 Å². The van der Waals surface area contributed by atoms with Gasteiger partial charge in [0.2, 0.25) is 0 Å². The average Bonchev–Trinajstić information content (AvgIpc) is 3.26. The number of nitrogens with one attached hydrogen (secondary N) is 2. The van der Waals surface area contributed by atoms with Gasteiger partial charge in [0, 0.05) is 37.5 Å². The van der Waals surface area contributed by atoms with Gasteiger partial charge in [-0.05, 0) is 54.1 Å². The lowest BCUT2D eigenvalue weighted by Crippen LogP contribution is -2.24. The van der Waals surface area contributed by atoms with E-state index in [0.717, 1.165) is 9.80 Å². The molecule has 0 spiro atoms. The van der Waals surface area contributed by atoms with Crippen LogP contribution in [0.2, 0.25) is 0 Å². The zero-order chi connectivity index (χ0) is 26.4. The molecular formula is C27H20N4O6. The maximum Gasteiger partial charge on any atom is 0.261 e. The second-order valence-electron chi connectivity index (χ2n) is 8.70. The normalized spacial score (nSPS) is 14.1. The van der Waals surface area contributed by atoms with Gasteiger partial charge in [-0.15, -0.1) is 0 Å². The maximum absolute atomic E-state index is 12.8. The number of hydrogen-bond donors (Lipinski definition) is 2. The third-order valence-electron chi connectivity index (χ3n) is 6.34. The molecule has 0 saturated carbocycles. The standard InChI is InChI=1S/C27H20N4O6/c1-30-24(34)18-8-6-15(11-20(18)26(30)36)22(32)28-13-14-4-3-5-17(10-14)29-23(33)16-7-9-19-21(12-16)27(37)31(2)25(19)35/h3-12H,13H2,1-2H3,(H,28,32)(H,29,33). The molecule has 2 aliphatic heterocycles. The quantitative estimate of drug-likeness (QED) is 0.521. The van der Waals surface area contributed by atoms with E-state index in [2.05, 4.69) is 10.6 Å². The van der Waals surface area contributed by atoms with Gasteiger partial charge in [-0.2, -0.15) is 0 Å². The van der Waals surface area contributed by atoms with E-state index in [9.17, 15) is 28.8 Å². The van der Waals surface area contributed by atoms with E-state index >= 15 is 0 Å². The Labute approximate surface area is 210 Å². The van der Waals surface area contributed by atoms with Gasteiger partial charge in [0.25, 0.3) is 35.4 Å². The lowest BCUT2D eigenvalue weighted by Gasteiger charge is -2.10. The molecule has 6 amide bonds. The van der Waals surface area contributed by atoms with Crippen LogP contribution in [0.3, 0.4) is 0 Å². The molecule has 2 heterocycles. The topological polar surface area (TPSA) is 133 Å². The summed E-state index contributed by atoms with van der Waals surface area (Å²) >= 11 is 0. The lowest BCUT2D eigenvalue weighted by molar-refractivity contribution is 0.0677. The molecule has 0 saturated heterocycles. The summed E-state index contributed by atoms with van der Waals surface area (Å²) in [5.74, 6) is -2.61. The molecule has 3 aromatic carbocycles. The molecule has 0 atom stereocenters. The Balaban J connectivity index is 1.25. The molecule has 0 unspecified atom stereocenters. The van der Waals surface area contributed by atoms with Gasteiger partial charge >= 0.3 is 0 Å². The fourth-order valence-corrected chi connectivity index (χ4v) is 4.25. The highest BCUT2D eigenvalue weighted by Gasteiger charge is 2.34. The summed E-state index contributed by atoms with van der Waals surface area (Å²) in [6.07, 6.45) is 0. The molecule has 3 aromatic rings. The van der Waals surface area contributed by atoms with Crippen molar-refractivity contribution in [3.63, 3.8) is 0 Å². The first-order chi connectivity index (χ1) is 17.7. The van der Waals surface area contributed by atoms with Crippen LogP contribution in [0, 0.1) is 0 Å². The number of amides is 6. The molecule has 2 aliphatic rings. The first-order valence-electron chi connectivity index (χ1n) is 11.3. The molecule has 10 heteroatoms. The van der Waals surface area contributed by atoms with E-state index in [-0.39, 0.29) is 39.9 Å². The van der Waals surface area contributed by atoms with Gasteiger partial charge in [0.1, 0.15) is 0 Å². The second-order valence-corrected chi connectivity index (χ2v) is 8.70. The fourth-order valence-electron chi connectivity index (χ4n) is 4.25. The average molecular weight is 496 g/mol. The first-order valence-corrected chi connectivity index (χ1v) is 11.3. The fraction of sp³-hybridized carbons (Fsp3) is 0.111. The van der Waals surface area contributed by atoms with Crippen molar-refractivity contribution < 1.29 is 28.8 Å². The number of carbonyl (C=O) groups excluding carboxylic acids is 6. The number of carbonyl (C=O) groups is 6. The largest absolute Gasteiger partial charge is 0.348 e. The number of fused-ring (bicyclic) bond motifs is 2. The SMILES string of the molecule is CN1C(=O)c2ccc(C(=O)NCc3cccc(NC(=O)c4ccc5c(c4)C(=O)N(C)C5=O)c3)cc2C1=O.